The number of sulfonamides is 1. The molecule has 0 amide bonds. The maximum atomic E-state index is 13.1. The lowest BCUT2D eigenvalue weighted by atomic mass is 10.1. The third-order valence-electron chi connectivity index (χ3n) is 3.70. The quantitative estimate of drug-likeness (QED) is 0.376. The highest BCUT2D eigenvalue weighted by atomic mass is 32.2. The van der Waals surface area contributed by atoms with Gasteiger partial charge in [-0.1, -0.05) is 18.2 Å². The smallest absolute Gasteiger partial charge is 0.326 e. The number of non-ortho nitro benzene ring substituents is 1. The minimum atomic E-state index is -4.29. The first kappa shape index (κ1) is 20.9. The zero-order valence-corrected chi connectivity index (χ0v) is 15.8. The number of nitrogens with zero attached hydrogens (tertiary/aromatic N) is 3. The first-order chi connectivity index (χ1) is 13.3. The van der Waals surface area contributed by atoms with Crippen LogP contribution in [-0.4, -0.2) is 32.5 Å². The van der Waals surface area contributed by atoms with Gasteiger partial charge in [0, 0.05) is 12.1 Å². The Labute approximate surface area is 162 Å². The van der Waals surface area contributed by atoms with Crippen molar-refractivity contribution in [3.8, 4) is 6.07 Å². The third kappa shape index (κ3) is 4.83. The van der Waals surface area contributed by atoms with Gasteiger partial charge in [0.2, 0.25) is 0 Å². The van der Waals surface area contributed by atoms with Gasteiger partial charge >= 0.3 is 5.97 Å². The molecule has 0 aromatic heterocycles. The molecule has 2 rings (SSSR count). The molecule has 146 valence electrons. The number of anilines is 1. The van der Waals surface area contributed by atoms with Crippen LogP contribution in [0.25, 0.3) is 0 Å². The number of ether oxygens (including phenoxy) is 1. The van der Waals surface area contributed by atoms with Gasteiger partial charge < -0.3 is 4.74 Å². The van der Waals surface area contributed by atoms with Crippen LogP contribution in [0, 0.1) is 21.4 Å². The Morgan fingerprint density at radius 2 is 1.93 bits per heavy atom. The first-order valence-electron chi connectivity index (χ1n) is 8.18. The number of nitriles is 1. The van der Waals surface area contributed by atoms with Crippen LogP contribution < -0.4 is 4.31 Å². The predicted molar refractivity (Wildman–Crippen MR) is 100 cm³/mol. The highest BCUT2D eigenvalue weighted by molar-refractivity contribution is 7.92. The summed E-state index contributed by atoms with van der Waals surface area (Å²) in [6, 6.07) is 12.6. The van der Waals surface area contributed by atoms with Gasteiger partial charge in [-0.25, -0.2) is 8.42 Å². The average Bonchev–Trinajstić information content (AvgIpc) is 2.67. The monoisotopic (exact) mass is 403 g/mol. The molecular weight excluding hydrogens is 386 g/mol. The number of nitro groups is 1. The van der Waals surface area contributed by atoms with Gasteiger partial charge in [0.05, 0.1) is 34.6 Å². The Morgan fingerprint density at radius 3 is 2.50 bits per heavy atom. The SMILES string of the molecule is CCOC(=O)CN(c1ccc(CC#N)cc1)S(=O)(=O)c1cccc([N+](=O)[O-])c1. The number of carbonyl (C=O) groups is 1. The molecule has 0 heterocycles. The first-order valence-corrected chi connectivity index (χ1v) is 9.62. The van der Waals surface area contributed by atoms with E-state index in [1.165, 1.54) is 30.3 Å². The van der Waals surface area contributed by atoms with Gasteiger partial charge in [-0.3, -0.25) is 19.2 Å². The zero-order chi connectivity index (χ0) is 20.7. The summed E-state index contributed by atoms with van der Waals surface area (Å²) in [5, 5.41) is 19.7. The fourth-order valence-corrected chi connectivity index (χ4v) is 3.84. The van der Waals surface area contributed by atoms with Crippen molar-refractivity contribution < 1.29 is 22.9 Å². The molecule has 0 spiro atoms. The molecule has 0 N–H and O–H groups in total. The largest absolute Gasteiger partial charge is 0.465 e. The summed E-state index contributed by atoms with van der Waals surface area (Å²) in [5.41, 5.74) is 0.456. The molecule has 10 heteroatoms. The lowest BCUT2D eigenvalue weighted by Crippen LogP contribution is -2.36. The molecule has 9 nitrogen and oxygen atoms in total. The molecule has 0 aliphatic rings. The Bertz CT molecular complexity index is 1010. The molecule has 0 fully saturated rings. The van der Waals surface area contributed by atoms with E-state index in [1.54, 1.807) is 19.1 Å². The van der Waals surface area contributed by atoms with E-state index < -0.39 is 27.5 Å². The molecule has 2 aromatic carbocycles. The van der Waals surface area contributed by atoms with E-state index in [1.807, 2.05) is 6.07 Å². The number of hydrogen-bond donors (Lipinski definition) is 0. The molecule has 0 aliphatic heterocycles. The van der Waals surface area contributed by atoms with Crippen molar-refractivity contribution in [2.24, 2.45) is 0 Å². The Hall–Kier alpha value is -3.45. The van der Waals surface area contributed by atoms with Gasteiger partial charge in [0.15, 0.2) is 0 Å². The second-order valence-electron chi connectivity index (χ2n) is 5.57. The van der Waals surface area contributed by atoms with Gasteiger partial charge in [-0.2, -0.15) is 5.26 Å². The molecule has 2 aromatic rings. The minimum absolute atomic E-state index is 0.0740. The predicted octanol–water partition coefficient (Wildman–Crippen LogP) is 2.42. The number of hydrogen-bond acceptors (Lipinski definition) is 7. The molecule has 0 radical (unpaired) electrons. The standard InChI is InChI=1S/C18H17N3O6S/c1-2-27-18(22)13-20(15-8-6-14(7-9-15)10-11-19)28(25,26)17-5-3-4-16(12-17)21(23)24/h3-9,12H,2,10,13H2,1H3. The van der Waals surface area contributed by atoms with Crippen molar-refractivity contribution in [3.63, 3.8) is 0 Å². The lowest BCUT2D eigenvalue weighted by molar-refractivity contribution is -0.385. The van der Waals surface area contributed by atoms with Crippen LogP contribution in [-0.2, 0) is 26.0 Å². The summed E-state index contributed by atoms with van der Waals surface area (Å²) >= 11 is 0. The van der Waals surface area contributed by atoms with E-state index >= 15 is 0 Å². The second-order valence-corrected chi connectivity index (χ2v) is 7.43. The fraction of sp³-hybridized carbons (Fsp3) is 0.222. The number of benzene rings is 2. The van der Waals surface area contributed by atoms with Crippen molar-refractivity contribution in [2.75, 3.05) is 17.5 Å². The molecule has 0 bridgehead atoms. The van der Waals surface area contributed by atoms with Crippen LogP contribution in [0.5, 0.6) is 0 Å². The molecule has 0 unspecified atom stereocenters. The minimum Gasteiger partial charge on any atom is -0.465 e. The van der Waals surface area contributed by atoms with Gasteiger partial charge in [0.25, 0.3) is 15.7 Å². The van der Waals surface area contributed by atoms with Crippen molar-refractivity contribution in [2.45, 2.75) is 18.2 Å². The van der Waals surface area contributed by atoms with Crippen molar-refractivity contribution in [1.82, 2.24) is 0 Å². The normalized spacial score (nSPS) is 10.7. The number of esters is 1. The van der Waals surface area contributed by atoms with E-state index in [-0.39, 0.29) is 29.3 Å². The number of nitro benzene ring substituents is 1. The summed E-state index contributed by atoms with van der Waals surface area (Å²) in [6.45, 7) is 1.06. The zero-order valence-electron chi connectivity index (χ0n) is 14.9. The molecular formula is C18H17N3O6S. The number of carbonyl (C=O) groups excluding carboxylic acids is 1. The van der Waals surface area contributed by atoms with E-state index in [2.05, 4.69) is 0 Å². The highest BCUT2D eigenvalue weighted by Crippen LogP contribution is 2.26. The van der Waals surface area contributed by atoms with Crippen LogP contribution in [0.4, 0.5) is 11.4 Å². The van der Waals surface area contributed by atoms with Crippen molar-refractivity contribution in [3.05, 3.63) is 64.2 Å². The van der Waals surface area contributed by atoms with E-state index in [4.69, 9.17) is 10.00 Å². The summed E-state index contributed by atoms with van der Waals surface area (Å²) in [7, 11) is -4.29. The summed E-state index contributed by atoms with van der Waals surface area (Å²) in [4.78, 5) is 21.9. The van der Waals surface area contributed by atoms with E-state index in [0.717, 1.165) is 10.4 Å². The third-order valence-corrected chi connectivity index (χ3v) is 5.47. The Morgan fingerprint density at radius 1 is 1.25 bits per heavy atom. The van der Waals surface area contributed by atoms with E-state index in [9.17, 15) is 23.3 Å². The van der Waals surface area contributed by atoms with Gasteiger partial charge in [-0.15, -0.1) is 0 Å². The van der Waals surface area contributed by atoms with Crippen LogP contribution in [0.2, 0.25) is 0 Å². The maximum absolute atomic E-state index is 13.1. The molecule has 0 saturated heterocycles. The molecule has 28 heavy (non-hydrogen) atoms. The Balaban J connectivity index is 2.50. The molecule has 0 aliphatic carbocycles. The summed E-state index contributed by atoms with van der Waals surface area (Å²) < 4.78 is 31.9. The van der Waals surface area contributed by atoms with Crippen LogP contribution in [0.15, 0.2) is 53.4 Å². The van der Waals surface area contributed by atoms with Crippen molar-refractivity contribution >= 4 is 27.4 Å². The molecule has 0 atom stereocenters. The van der Waals surface area contributed by atoms with Crippen LogP contribution in [0.3, 0.4) is 0 Å². The molecule has 0 saturated carbocycles. The Kier molecular flexibility index (Phi) is 6.68. The van der Waals surface area contributed by atoms with Gasteiger partial charge in [-0.05, 0) is 30.7 Å². The summed E-state index contributed by atoms with van der Waals surface area (Å²) in [5.74, 6) is -0.766. The second kappa shape index (κ2) is 8.96. The van der Waals surface area contributed by atoms with Gasteiger partial charge in [0.1, 0.15) is 6.54 Å². The average molecular weight is 403 g/mol. The fourth-order valence-electron chi connectivity index (χ4n) is 2.40. The van der Waals surface area contributed by atoms with Crippen LogP contribution in [0.1, 0.15) is 12.5 Å². The lowest BCUT2D eigenvalue weighted by Gasteiger charge is -2.23. The topological polar surface area (TPSA) is 131 Å². The van der Waals surface area contributed by atoms with E-state index in [0.29, 0.717) is 5.56 Å². The van der Waals surface area contributed by atoms with Crippen molar-refractivity contribution in [1.29, 1.82) is 5.26 Å². The summed E-state index contributed by atoms with van der Waals surface area (Å²) in [6.07, 6.45) is 0.149. The number of rotatable bonds is 8. The van der Waals surface area contributed by atoms with Crippen LogP contribution >= 0.6 is 0 Å². The maximum Gasteiger partial charge on any atom is 0.326 e. The highest BCUT2D eigenvalue weighted by Gasteiger charge is 2.29.